The smallest absolute Gasteiger partial charge is 0.0234 e. The monoisotopic (exact) mass is 278 g/mol. The number of piperazine rings is 1. The molecule has 1 saturated heterocycles. The molecule has 0 N–H and O–H groups in total. The number of hydrogen-bond acceptors (Lipinski definition) is 3. The van der Waals surface area contributed by atoms with Crippen molar-refractivity contribution < 1.29 is 0 Å². The average molecular weight is 278 g/mol. The fourth-order valence-electron chi connectivity index (χ4n) is 2.54. The normalized spacial score (nSPS) is 17.8. The van der Waals surface area contributed by atoms with Crippen molar-refractivity contribution in [3.8, 4) is 0 Å². The molecule has 1 aliphatic rings. The summed E-state index contributed by atoms with van der Waals surface area (Å²) in [6, 6.07) is 9.01. The van der Waals surface area contributed by atoms with Gasteiger partial charge in [0.05, 0.1) is 0 Å². The van der Waals surface area contributed by atoms with E-state index in [1.807, 2.05) is 11.8 Å². The largest absolute Gasteiger partial charge is 0.301 e. The fourth-order valence-corrected chi connectivity index (χ4v) is 2.95. The Morgan fingerprint density at radius 2 is 1.63 bits per heavy atom. The van der Waals surface area contributed by atoms with E-state index in [-0.39, 0.29) is 0 Å². The van der Waals surface area contributed by atoms with Crippen molar-refractivity contribution >= 4 is 11.8 Å². The van der Waals surface area contributed by atoms with E-state index in [1.165, 1.54) is 56.0 Å². The van der Waals surface area contributed by atoms with Crippen LogP contribution in [0.4, 0.5) is 0 Å². The minimum Gasteiger partial charge on any atom is -0.301 e. The molecule has 19 heavy (non-hydrogen) atoms. The van der Waals surface area contributed by atoms with Crippen LogP contribution in [0.2, 0.25) is 0 Å². The van der Waals surface area contributed by atoms with Gasteiger partial charge in [-0.05, 0) is 36.9 Å². The van der Waals surface area contributed by atoms with Gasteiger partial charge in [0, 0.05) is 37.6 Å². The Hall–Kier alpha value is -0.510. The predicted molar refractivity (Wildman–Crippen MR) is 84.8 cm³/mol. The van der Waals surface area contributed by atoms with Gasteiger partial charge in [-0.15, -0.1) is 11.8 Å². The first-order chi connectivity index (χ1) is 9.31. The summed E-state index contributed by atoms with van der Waals surface area (Å²) in [6.07, 6.45) is 4.78. The summed E-state index contributed by atoms with van der Waals surface area (Å²) in [7, 11) is 0. The lowest BCUT2D eigenvalue weighted by atomic mass is 10.2. The summed E-state index contributed by atoms with van der Waals surface area (Å²) in [4.78, 5) is 6.54. The first kappa shape index (κ1) is 14.9. The van der Waals surface area contributed by atoms with Crippen molar-refractivity contribution in [1.82, 2.24) is 9.80 Å². The number of benzene rings is 1. The Balaban J connectivity index is 1.75. The van der Waals surface area contributed by atoms with Gasteiger partial charge < -0.3 is 4.90 Å². The van der Waals surface area contributed by atoms with Gasteiger partial charge in [-0.25, -0.2) is 0 Å². The highest BCUT2D eigenvalue weighted by Crippen LogP contribution is 2.16. The van der Waals surface area contributed by atoms with Crippen LogP contribution in [-0.4, -0.2) is 48.8 Å². The maximum atomic E-state index is 2.61. The van der Waals surface area contributed by atoms with Gasteiger partial charge in [0.15, 0.2) is 0 Å². The minimum atomic E-state index is 1.11. The summed E-state index contributed by atoms with van der Waals surface area (Å²) in [6.45, 7) is 9.57. The zero-order valence-corrected chi connectivity index (χ0v) is 13.1. The van der Waals surface area contributed by atoms with Gasteiger partial charge in [0.1, 0.15) is 0 Å². The second-order valence-electron chi connectivity index (χ2n) is 5.32. The lowest BCUT2D eigenvalue weighted by molar-refractivity contribution is 0.126. The first-order valence-electron chi connectivity index (χ1n) is 7.39. The molecule has 0 atom stereocenters. The van der Waals surface area contributed by atoms with Crippen LogP contribution in [0.5, 0.6) is 0 Å². The van der Waals surface area contributed by atoms with E-state index in [0.29, 0.717) is 0 Å². The van der Waals surface area contributed by atoms with Crippen molar-refractivity contribution in [2.24, 2.45) is 0 Å². The zero-order valence-electron chi connectivity index (χ0n) is 12.3. The van der Waals surface area contributed by atoms with E-state index >= 15 is 0 Å². The predicted octanol–water partition coefficient (Wildman–Crippen LogP) is 3.33. The molecular weight excluding hydrogens is 252 g/mol. The van der Waals surface area contributed by atoms with E-state index in [1.54, 1.807) is 0 Å². The SMILES string of the molecule is CCCCN1CCN(Cc2ccc(SC)cc2)CC1. The third-order valence-corrected chi connectivity index (χ3v) is 4.60. The Bertz CT molecular complexity index is 356. The molecule has 1 fully saturated rings. The Labute approximate surface area is 122 Å². The van der Waals surface area contributed by atoms with E-state index in [4.69, 9.17) is 0 Å². The number of hydrogen-bond donors (Lipinski definition) is 0. The molecule has 0 spiro atoms. The van der Waals surface area contributed by atoms with E-state index < -0.39 is 0 Å². The van der Waals surface area contributed by atoms with Gasteiger partial charge in [-0.3, -0.25) is 4.90 Å². The Morgan fingerprint density at radius 1 is 1.00 bits per heavy atom. The molecular formula is C16H26N2S. The molecule has 0 amide bonds. The number of thioether (sulfide) groups is 1. The molecule has 0 saturated carbocycles. The minimum absolute atomic E-state index is 1.11. The van der Waals surface area contributed by atoms with Gasteiger partial charge in [0.2, 0.25) is 0 Å². The lowest BCUT2D eigenvalue weighted by Crippen LogP contribution is -2.46. The van der Waals surface area contributed by atoms with Gasteiger partial charge in [0.25, 0.3) is 0 Å². The highest BCUT2D eigenvalue weighted by Gasteiger charge is 2.16. The zero-order chi connectivity index (χ0) is 13.5. The van der Waals surface area contributed by atoms with Gasteiger partial charge in [-0.1, -0.05) is 25.5 Å². The topological polar surface area (TPSA) is 6.48 Å². The van der Waals surface area contributed by atoms with Crippen molar-refractivity contribution in [2.45, 2.75) is 31.2 Å². The summed E-state index contributed by atoms with van der Waals surface area (Å²) >= 11 is 1.81. The molecule has 2 rings (SSSR count). The molecule has 1 aromatic rings. The summed E-state index contributed by atoms with van der Waals surface area (Å²) in [5.41, 5.74) is 1.44. The highest BCUT2D eigenvalue weighted by atomic mass is 32.2. The van der Waals surface area contributed by atoms with Crippen molar-refractivity contribution in [3.05, 3.63) is 29.8 Å². The third kappa shape index (κ3) is 4.83. The Kier molecular flexibility index (Phi) is 6.21. The first-order valence-corrected chi connectivity index (χ1v) is 8.62. The standard InChI is InChI=1S/C16H26N2S/c1-3-4-9-17-10-12-18(13-11-17)14-15-5-7-16(19-2)8-6-15/h5-8H,3-4,9-14H2,1-2H3. The van der Waals surface area contributed by atoms with Crippen LogP contribution in [0, 0.1) is 0 Å². The fraction of sp³-hybridized carbons (Fsp3) is 0.625. The third-order valence-electron chi connectivity index (χ3n) is 3.86. The van der Waals surface area contributed by atoms with E-state index in [9.17, 15) is 0 Å². The molecule has 1 heterocycles. The van der Waals surface area contributed by atoms with Crippen LogP contribution in [0.3, 0.4) is 0 Å². The summed E-state index contributed by atoms with van der Waals surface area (Å²) in [5.74, 6) is 0. The molecule has 0 aliphatic carbocycles. The highest BCUT2D eigenvalue weighted by molar-refractivity contribution is 7.98. The molecule has 3 heteroatoms. The lowest BCUT2D eigenvalue weighted by Gasteiger charge is -2.34. The second-order valence-corrected chi connectivity index (χ2v) is 6.20. The van der Waals surface area contributed by atoms with Crippen molar-refractivity contribution in [3.63, 3.8) is 0 Å². The number of nitrogens with zero attached hydrogens (tertiary/aromatic N) is 2. The van der Waals surface area contributed by atoms with Crippen LogP contribution in [-0.2, 0) is 6.54 Å². The maximum absolute atomic E-state index is 2.61. The quantitative estimate of drug-likeness (QED) is 0.737. The van der Waals surface area contributed by atoms with E-state index in [2.05, 4.69) is 47.2 Å². The maximum Gasteiger partial charge on any atom is 0.0234 e. The Morgan fingerprint density at radius 3 is 2.21 bits per heavy atom. The molecule has 1 aliphatic heterocycles. The molecule has 2 nitrogen and oxygen atoms in total. The van der Waals surface area contributed by atoms with Crippen LogP contribution in [0.15, 0.2) is 29.2 Å². The van der Waals surface area contributed by atoms with Crippen molar-refractivity contribution in [2.75, 3.05) is 39.0 Å². The molecule has 106 valence electrons. The van der Waals surface area contributed by atoms with Crippen LogP contribution >= 0.6 is 11.8 Å². The van der Waals surface area contributed by atoms with Crippen LogP contribution < -0.4 is 0 Å². The molecule has 0 radical (unpaired) electrons. The van der Waals surface area contributed by atoms with Crippen molar-refractivity contribution in [1.29, 1.82) is 0 Å². The second kappa shape index (κ2) is 7.93. The average Bonchev–Trinajstić information content (AvgIpc) is 2.47. The van der Waals surface area contributed by atoms with Crippen LogP contribution in [0.1, 0.15) is 25.3 Å². The molecule has 1 aromatic carbocycles. The summed E-state index contributed by atoms with van der Waals surface area (Å²) < 4.78 is 0. The number of rotatable bonds is 6. The number of unbranched alkanes of at least 4 members (excludes halogenated alkanes) is 1. The molecule has 0 bridgehead atoms. The summed E-state index contributed by atoms with van der Waals surface area (Å²) in [5, 5.41) is 0. The van der Waals surface area contributed by atoms with E-state index in [0.717, 1.165) is 6.54 Å². The molecule has 0 aromatic heterocycles. The van der Waals surface area contributed by atoms with Gasteiger partial charge >= 0.3 is 0 Å². The van der Waals surface area contributed by atoms with Crippen LogP contribution in [0.25, 0.3) is 0 Å². The van der Waals surface area contributed by atoms with Gasteiger partial charge in [-0.2, -0.15) is 0 Å². The molecule has 0 unspecified atom stereocenters.